The number of carbonyl (C=O) groups is 2. The number of aliphatic hydroxyl groups is 1. The second-order valence-corrected chi connectivity index (χ2v) is 8.38. The highest BCUT2D eigenvalue weighted by molar-refractivity contribution is 6.47. The zero-order valence-corrected chi connectivity index (χ0v) is 13.7. The number of hydrogen-bond acceptors (Lipinski definition) is 3. The van der Waals surface area contributed by atoms with Crippen molar-refractivity contribution >= 4 is 11.6 Å². The van der Waals surface area contributed by atoms with Gasteiger partial charge in [0.1, 0.15) is 5.41 Å². The first-order valence-electron chi connectivity index (χ1n) is 9.04. The van der Waals surface area contributed by atoms with E-state index in [0.29, 0.717) is 17.4 Å². The molecule has 4 heteroatoms. The van der Waals surface area contributed by atoms with E-state index in [-0.39, 0.29) is 17.8 Å². The molecule has 3 saturated carbocycles. The number of rotatable bonds is 1. The molecule has 6 atom stereocenters. The zero-order valence-electron chi connectivity index (χ0n) is 13.7. The lowest BCUT2D eigenvalue weighted by molar-refractivity contribution is -0.153. The molecule has 0 aliphatic heterocycles. The van der Waals surface area contributed by atoms with E-state index >= 15 is 0 Å². The summed E-state index contributed by atoms with van der Waals surface area (Å²) in [6.07, 6.45) is 7.15. The third-order valence-electron chi connectivity index (χ3n) is 7.70. The van der Waals surface area contributed by atoms with Gasteiger partial charge in [0.15, 0.2) is 0 Å². The molecule has 126 valence electrons. The summed E-state index contributed by atoms with van der Waals surface area (Å²) < 4.78 is 14.1. The average molecular weight is 320 g/mol. The van der Waals surface area contributed by atoms with Gasteiger partial charge in [-0.05, 0) is 73.3 Å². The minimum Gasteiger partial charge on any atom is -0.363 e. The Bertz CT molecular complexity index is 595. The van der Waals surface area contributed by atoms with Crippen LogP contribution < -0.4 is 0 Å². The van der Waals surface area contributed by atoms with Crippen LogP contribution in [0.4, 0.5) is 4.39 Å². The molecule has 0 radical (unpaired) electrons. The summed E-state index contributed by atoms with van der Waals surface area (Å²) in [7, 11) is 0. The number of Topliss-reactive ketones (excluding diaryl/α,β-unsaturated/α-hetero) is 1. The number of aliphatic hydroxyl groups excluding tert-OH is 1. The maximum absolute atomic E-state index is 14.1. The number of hydrogen-bond donors (Lipinski definition) is 1. The van der Waals surface area contributed by atoms with E-state index < -0.39 is 23.3 Å². The molecule has 0 amide bonds. The Morgan fingerprint density at radius 3 is 2.70 bits per heavy atom. The molecule has 23 heavy (non-hydrogen) atoms. The molecule has 0 saturated heterocycles. The molecule has 1 N–H and O–H groups in total. The van der Waals surface area contributed by atoms with E-state index in [1.807, 2.05) is 0 Å². The SMILES string of the molecule is C[C@]12CCCCC1CC[C@H]1C3=CC(=O)C(=O)[C@@]3(C(O)F)CC[C@@H]12. The van der Waals surface area contributed by atoms with Crippen LogP contribution in [0.1, 0.15) is 58.3 Å². The zero-order chi connectivity index (χ0) is 16.4. The monoisotopic (exact) mass is 320 g/mol. The fraction of sp³-hybridized carbons (Fsp3) is 0.789. The average Bonchev–Trinajstić information content (AvgIpc) is 2.79. The summed E-state index contributed by atoms with van der Waals surface area (Å²) in [5.74, 6) is -0.124. The fourth-order valence-corrected chi connectivity index (χ4v) is 6.47. The molecule has 0 aromatic carbocycles. The van der Waals surface area contributed by atoms with Gasteiger partial charge in [-0.25, -0.2) is 4.39 Å². The summed E-state index contributed by atoms with van der Waals surface area (Å²) >= 11 is 0. The van der Waals surface area contributed by atoms with Gasteiger partial charge in [0, 0.05) is 0 Å². The molecule has 0 bridgehead atoms. The molecular weight excluding hydrogens is 295 g/mol. The van der Waals surface area contributed by atoms with Crippen LogP contribution in [0.2, 0.25) is 0 Å². The molecule has 4 rings (SSSR count). The van der Waals surface area contributed by atoms with Gasteiger partial charge < -0.3 is 5.11 Å². The molecule has 0 aromatic heterocycles. The van der Waals surface area contributed by atoms with E-state index in [1.165, 1.54) is 31.8 Å². The normalized spacial score (nSPS) is 47.4. The Balaban J connectivity index is 1.75. The third kappa shape index (κ3) is 1.84. The molecule has 0 heterocycles. The number of allylic oxidation sites excluding steroid dienone is 1. The summed E-state index contributed by atoms with van der Waals surface area (Å²) in [6.45, 7) is 2.37. The predicted molar refractivity (Wildman–Crippen MR) is 83.2 cm³/mol. The molecular formula is C19H25FO3. The lowest BCUT2D eigenvalue weighted by Gasteiger charge is -2.58. The van der Waals surface area contributed by atoms with Gasteiger partial charge in [-0.1, -0.05) is 19.8 Å². The maximum atomic E-state index is 14.1. The van der Waals surface area contributed by atoms with Gasteiger partial charge in [-0.2, -0.15) is 0 Å². The minimum absolute atomic E-state index is 0.0869. The highest BCUT2D eigenvalue weighted by Crippen LogP contribution is 2.64. The molecule has 4 aliphatic carbocycles. The van der Waals surface area contributed by atoms with Crippen molar-refractivity contribution in [3.05, 3.63) is 11.6 Å². The predicted octanol–water partition coefficient (Wildman–Crippen LogP) is 3.36. The van der Waals surface area contributed by atoms with Crippen molar-refractivity contribution in [2.45, 2.75) is 64.6 Å². The van der Waals surface area contributed by atoms with Crippen molar-refractivity contribution < 1.29 is 19.1 Å². The molecule has 3 nitrogen and oxygen atoms in total. The van der Waals surface area contributed by atoms with Crippen LogP contribution in [-0.2, 0) is 9.59 Å². The summed E-state index contributed by atoms with van der Waals surface area (Å²) in [4.78, 5) is 24.3. The molecule has 2 unspecified atom stereocenters. The highest BCUT2D eigenvalue weighted by atomic mass is 19.1. The molecule has 0 spiro atoms. The van der Waals surface area contributed by atoms with Crippen LogP contribution in [0, 0.1) is 28.6 Å². The molecule has 4 aliphatic rings. The number of halogens is 1. The quantitative estimate of drug-likeness (QED) is 0.754. The minimum atomic E-state index is -2.26. The first-order chi connectivity index (χ1) is 10.9. The molecule has 3 fully saturated rings. The second-order valence-electron chi connectivity index (χ2n) is 8.38. The first-order valence-corrected chi connectivity index (χ1v) is 9.04. The molecule has 0 aromatic rings. The van der Waals surface area contributed by atoms with Gasteiger partial charge in [-0.3, -0.25) is 9.59 Å². The number of alkyl halides is 1. The standard InChI is InChI=1S/C19H25FO3/c1-18-8-3-2-4-11(18)5-6-12-13(18)7-9-19(17(20)23)14(12)10-15(21)16(19)22/h10-13,17,23H,2-9H2,1H3/t11?,12-,13+,17?,18+,19-/m1/s1. The van der Waals surface area contributed by atoms with E-state index in [9.17, 15) is 19.1 Å². The van der Waals surface area contributed by atoms with Crippen LogP contribution in [-0.4, -0.2) is 23.0 Å². The Morgan fingerprint density at radius 2 is 1.96 bits per heavy atom. The van der Waals surface area contributed by atoms with Gasteiger partial charge in [0.25, 0.3) is 0 Å². The largest absolute Gasteiger partial charge is 0.363 e. The van der Waals surface area contributed by atoms with Crippen LogP contribution in [0.15, 0.2) is 11.6 Å². The first kappa shape index (κ1) is 15.5. The van der Waals surface area contributed by atoms with Crippen LogP contribution in [0.5, 0.6) is 0 Å². The van der Waals surface area contributed by atoms with Crippen LogP contribution >= 0.6 is 0 Å². The van der Waals surface area contributed by atoms with Crippen molar-refractivity contribution in [2.75, 3.05) is 0 Å². The van der Waals surface area contributed by atoms with Gasteiger partial charge >= 0.3 is 0 Å². The smallest absolute Gasteiger partial charge is 0.222 e. The lowest BCUT2D eigenvalue weighted by Crippen LogP contribution is -2.53. The second kappa shape index (κ2) is 4.98. The number of carbonyl (C=O) groups excluding carboxylic acids is 2. The van der Waals surface area contributed by atoms with Gasteiger partial charge in [-0.15, -0.1) is 0 Å². The van der Waals surface area contributed by atoms with E-state index in [1.54, 1.807) is 0 Å². The van der Waals surface area contributed by atoms with E-state index in [2.05, 4.69) is 6.92 Å². The Morgan fingerprint density at radius 1 is 1.17 bits per heavy atom. The highest BCUT2D eigenvalue weighted by Gasteiger charge is 2.63. The number of fused-ring (bicyclic) bond motifs is 5. The number of ketones is 2. The van der Waals surface area contributed by atoms with Crippen molar-refractivity contribution in [3.8, 4) is 0 Å². The Kier molecular flexibility index (Phi) is 3.36. The van der Waals surface area contributed by atoms with Crippen molar-refractivity contribution in [1.82, 2.24) is 0 Å². The van der Waals surface area contributed by atoms with Crippen LogP contribution in [0.25, 0.3) is 0 Å². The van der Waals surface area contributed by atoms with Gasteiger partial charge in [0.2, 0.25) is 17.9 Å². The summed E-state index contributed by atoms with van der Waals surface area (Å²) in [5.41, 5.74) is -0.704. The maximum Gasteiger partial charge on any atom is 0.222 e. The van der Waals surface area contributed by atoms with E-state index in [0.717, 1.165) is 19.3 Å². The van der Waals surface area contributed by atoms with Crippen molar-refractivity contribution in [2.24, 2.45) is 28.6 Å². The fourth-order valence-electron chi connectivity index (χ4n) is 6.47. The van der Waals surface area contributed by atoms with Crippen molar-refractivity contribution in [3.63, 3.8) is 0 Å². The summed E-state index contributed by atoms with van der Waals surface area (Å²) in [6, 6.07) is 0. The Labute approximate surface area is 136 Å². The van der Waals surface area contributed by atoms with E-state index in [4.69, 9.17) is 0 Å². The summed E-state index contributed by atoms with van der Waals surface area (Å²) in [5, 5.41) is 9.73. The Hall–Kier alpha value is -1.03. The topological polar surface area (TPSA) is 54.4 Å². The lowest BCUT2D eigenvalue weighted by atomic mass is 9.46. The van der Waals surface area contributed by atoms with Crippen LogP contribution in [0.3, 0.4) is 0 Å². The van der Waals surface area contributed by atoms with Gasteiger partial charge in [0.05, 0.1) is 0 Å². The van der Waals surface area contributed by atoms with Crippen molar-refractivity contribution in [1.29, 1.82) is 0 Å². The third-order valence-corrected chi connectivity index (χ3v) is 7.70.